The van der Waals surface area contributed by atoms with Gasteiger partial charge in [0.2, 0.25) is 5.91 Å². The molecule has 0 spiro atoms. The normalized spacial score (nSPS) is 12.5. The first kappa shape index (κ1) is 12.4. The molecule has 0 aromatic heterocycles. The van der Waals surface area contributed by atoms with Crippen molar-refractivity contribution in [2.75, 3.05) is 19.8 Å². The Morgan fingerprint density at radius 2 is 2.23 bits per heavy atom. The van der Waals surface area contributed by atoms with Crippen LogP contribution in [0.1, 0.15) is 26.7 Å². The zero-order valence-electron chi connectivity index (χ0n) is 8.51. The van der Waals surface area contributed by atoms with Gasteiger partial charge in [-0.25, -0.2) is 0 Å². The third-order valence-electron chi connectivity index (χ3n) is 1.75. The highest BCUT2D eigenvalue weighted by molar-refractivity contribution is 5.81. The van der Waals surface area contributed by atoms with Crippen molar-refractivity contribution in [1.82, 2.24) is 5.32 Å². The number of ether oxygens (including phenoxy) is 1. The second-order valence-corrected chi connectivity index (χ2v) is 2.86. The van der Waals surface area contributed by atoms with E-state index in [2.05, 4.69) is 5.32 Å². The fraction of sp³-hybridized carbons (Fsp3) is 0.889. The molecule has 0 aliphatic carbocycles. The zero-order valence-corrected chi connectivity index (χ0v) is 8.51. The summed E-state index contributed by atoms with van der Waals surface area (Å²) in [5.41, 5.74) is 5.51. The fourth-order valence-corrected chi connectivity index (χ4v) is 0.847. The molecule has 78 valence electrons. The molecule has 0 unspecified atom stereocenters. The number of hydrogen-bond acceptors (Lipinski definition) is 3. The maximum Gasteiger partial charge on any atom is 0.236 e. The van der Waals surface area contributed by atoms with E-state index in [9.17, 15) is 4.79 Å². The molecule has 0 aromatic rings. The van der Waals surface area contributed by atoms with Crippen LogP contribution in [0.2, 0.25) is 0 Å². The van der Waals surface area contributed by atoms with E-state index in [-0.39, 0.29) is 11.9 Å². The van der Waals surface area contributed by atoms with Crippen LogP contribution >= 0.6 is 0 Å². The third-order valence-corrected chi connectivity index (χ3v) is 1.75. The molecule has 0 rings (SSSR count). The number of hydrogen-bond donors (Lipinski definition) is 2. The molecule has 1 amide bonds. The average Bonchev–Trinajstić information content (AvgIpc) is 2.16. The summed E-state index contributed by atoms with van der Waals surface area (Å²) >= 11 is 0. The monoisotopic (exact) mass is 188 g/mol. The number of carbonyl (C=O) groups excluding carboxylic acids is 1. The minimum absolute atomic E-state index is 0.0704. The van der Waals surface area contributed by atoms with E-state index >= 15 is 0 Å². The summed E-state index contributed by atoms with van der Waals surface area (Å²) in [6.45, 7) is 5.91. The number of nitrogens with two attached hydrogens (primary N) is 1. The zero-order chi connectivity index (χ0) is 10.1. The lowest BCUT2D eigenvalue weighted by atomic mass is 10.2. The first-order chi connectivity index (χ1) is 6.22. The minimum atomic E-state index is -0.368. The summed E-state index contributed by atoms with van der Waals surface area (Å²) in [6, 6.07) is -0.368. The predicted octanol–water partition coefficient (Wildman–Crippen LogP) is 0.267. The Labute approximate surface area is 79.8 Å². The Hall–Kier alpha value is -0.610. The van der Waals surface area contributed by atoms with Gasteiger partial charge in [-0.15, -0.1) is 0 Å². The lowest BCUT2D eigenvalue weighted by Crippen LogP contribution is -2.40. The molecule has 0 radical (unpaired) electrons. The number of amides is 1. The van der Waals surface area contributed by atoms with E-state index in [4.69, 9.17) is 10.5 Å². The van der Waals surface area contributed by atoms with Crippen LogP contribution in [-0.4, -0.2) is 31.7 Å². The third kappa shape index (κ3) is 6.54. The Morgan fingerprint density at radius 3 is 2.77 bits per heavy atom. The topological polar surface area (TPSA) is 64.3 Å². The van der Waals surface area contributed by atoms with Crippen molar-refractivity contribution in [1.29, 1.82) is 0 Å². The van der Waals surface area contributed by atoms with E-state index < -0.39 is 0 Å². The van der Waals surface area contributed by atoms with E-state index in [1.807, 2.05) is 13.8 Å². The lowest BCUT2D eigenvalue weighted by molar-refractivity contribution is -0.122. The molecule has 1 atom stereocenters. The molecule has 0 aliphatic heterocycles. The Bertz CT molecular complexity index is 140. The molecule has 0 saturated carbocycles. The van der Waals surface area contributed by atoms with Crippen molar-refractivity contribution in [2.24, 2.45) is 5.73 Å². The van der Waals surface area contributed by atoms with Crippen molar-refractivity contribution in [2.45, 2.75) is 32.7 Å². The number of rotatable bonds is 7. The van der Waals surface area contributed by atoms with Crippen LogP contribution in [0.4, 0.5) is 0 Å². The summed E-state index contributed by atoms with van der Waals surface area (Å²) in [5, 5.41) is 2.75. The van der Waals surface area contributed by atoms with Gasteiger partial charge in [-0.05, 0) is 19.8 Å². The highest BCUT2D eigenvalue weighted by Crippen LogP contribution is 1.86. The highest BCUT2D eigenvalue weighted by atomic mass is 16.5. The summed E-state index contributed by atoms with van der Waals surface area (Å²) < 4.78 is 5.12. The van der Waals surface area contributed by atoms with Crippen LogP contribution < -0.4 is 11.1 Å². The maximum absolute atomic E-state index is 11.1. The fourth-order valence-electron chi connectivity index (χ4n) is 0.847. The molecule has 4 heteroatoms. The first-order valence-corrected chi connectivity index (χ1v) is 4.83. The Kier molecular flexibility index (Phi) is 7.63. The van der Waals surface area contributed by atoms with Gasteiger partial charge in [-0.3, -0.25) is 4.79 Å². The van der Waals surface area contributed by atoms with Crippen molar-refractivity contribution >= 4 is 5.91 Å². The smallest absolute Gasteiger partial charge is 0.236 e. The van der Waals surface area contributed by atoms with E-state index in [0.717, 1.165) is 13.0 Å². The van der Waals surface area contributed by atoms with Crippen LogP contribution in [0.25, 0.3) is 0 Å². The second kappa shape index (κ2) is 8.01. The minimum Gasteiger partial charge on any atom is -0.382 e. The van der Waals surface area contributed by atoms with Gasteiger partial charge in [-0.1, -0.05) is 6.92 Å². The second-order valence-electron chi connectivity index (χ2n) is 2.86. The Balaban J connectivity index is 3.27. The van der Waals surface area contributed by atoms with Crippen LogP contribution in [-0.2, 0) is 9.53 Å². The molecule has 0 bridgehead atoms. The molecular formula is C9H20N2O2. The number of carbonyl (C=O) groups is 1. The van der Waals surface area contributed by atoms with Crippen LogP contribution in [0.15, 0.2) is 0 Å². The molecule has 13 heavy (non-hydrogen) atoms. The van der Waals surface area contributed by atoms with Gasteiger partial charge >= 0.3 is 0 Å². The first-order valence-electron chi connectivity index (χ1n) is 4.83. The average molecular weight is 188 g/mol. The molecule has 0 heterocycles. The SMILES string of the molecule is CCOCCCNC(=O)[C@@H](N)CC. The summed E-state index contributed by atoms with van der Waals surface area (Å²) in [7, 11) is 0. The van der Waals surface area contributed by atoms with Gasteiger partial charge in [0, 0.05) is 19.8 Å². The van der Waals surface area contributed by atoms with Crippen molar-refractivity contribution in [3.05, 3.63) is 0 Å². The van der Waals surface area contributed by atoms with Crippen LogP contribution in [0.5, 0.6) is 0 Å². The van der Waals surface area contributed by atoms with Crippen molar-refractivity contribution < 1.29 is 9.53 Å². The van der Waals surface area contributed by atoms with E-state index in [1.54, 1.807) is 0 Å². The highest BCUT2D eigenvalue weighted by Gasteiger charge is 2.08. The van der Waals surface area contributed by atoms with Crippen molar-refractivity contribution in [3.8, 4) is 0 Å². The lowest BCUT2D eigenvalue weighted by Gasteiger charge is -2.09. The molecule has 4 nitrogen and oxygen atoms in total. The number of nitrogens with one attached hydrogen (secondary N) is 1. The van der Waals surface area contributed by atoms with Gasteiger partial charge in [-0.2, -0.15) is 0 Å². The molecule has 0 aromatic carbocycles. The van der Waals surface area contributed by atoms with Crippen LogP contribution in [0.3, 0.4) is 0 Å². The molecule has 0 saturated heterocycles. The van der Waals surface area contributed by atoms with Gasteiger partial charge in [0.05, 0.1) is 6.04 Å². The van der Waals surface area contributed by atoms with Gasteiger partial charge in [0.25, 0.3) is 0 Å². The Morgan fingerprint density at radius 1 is 1.54 bits per heavy atom. The van der Waals surface area contributed by atoms with Gasteiger partial charge < -0.3 is 15.8 Å². The summed E-state index contributed by atoms with van der Waals surface area (Å²) in [4.78, 5) is 11.1. The molecule has 0 aliphatic rings. The van der Waals surface area contributed by atoms with Gasteiger partial charge in [0.1, 0.15) is 0 Å². The summed E-state index contributed by atoms with van der Waals surface area (Å²) in [5.74, 6) is -0.0704. The molecule has 0 fully saturated rings. The molecular weight excluding hydrogens is 168 g/mol. The summed E-state index contributed by atoms with van der Waals surface area (Å²) in [6.07, 6.45) is 1.52. The predicted molar refractivity (Wildman–Crippen MR) is 52.4 cm³/mol. The maximum atomic E-state index is 11.1. The standard InChI is InChI=1S/C9H20N2O2/c1-3-8(10)9(12)11-6-5-7-13-4-2/h8H,3-7,10H2,1-2H3,(H,11,12)/t8-/m0/s1. The van der Waals surface area contributed by atoms with Crippen LogP contribution in [0, 0.1) is 0 Å². The van der Waals surface area contributed by atoms with Crippen molar-refractivity contribution in [3.63, 3.8) is 0 Å². The van der Waals surface area contributed by atoms with E-state index in [1.165, 1.54) is 0 Å². The largest absolute Gasteiger partial charge is 0.382 e. The molecule has 3 N–H and O–H groups in total. The van der Waals surface area contributed by atoms with Gasteiger partial charge in [0.15, 0.2) is 0 Å². The van der Waals surface area contributed by atoms with E-state index in [0.29, 0.717) is 19.6 Å². The quantitative estimate of drug-likeness (QED) is 0.563.